The van der Waals surface area contributed by atoms with Gasteiger partial charge < -0.3 is 0 Å². The third kappa shape index (κ3) is 5.40. The maximum Gasteiger partial charge on any atom is 0.316 e. The Labute approximate surface area is 129 Å². The molecule has 2 fully saturated rings. The Hall–Kier alpha value is 0.480. The lowest BCUT2D eigenvalue weighted by molar-refractivity contribution is 0.258. The minimum Gasteiger partial charge on any atom is -0.269 e. The van der Waals surface area contributed by atoms with E-state index in [1.165, 1.54) is 64.2 Å². The number of carbonyl (C=O) groups excluding carboxylic acids is 1. The van der Waals surface area contributed by atoms with Crippen molar-refractivity contribution in [2.24, 2.45) is 5.14 Å². The molecule has 0 radical (unpaired) electrons. The van der Waals surface area contributed by atoms with E-state index in [9.17, 15) is 4.79 Å². The van der Waals surface area contributed by atoms with E-state index in [0.29, 0.717) is 10.5 Å². The molecule has 0 aromatic heterocycles. The fraction of sp³-hybridized carbons (Fsp3) is 0.923. The quantitative estimate of drug-likeness (QED) is 0.740. The van der Waals surface area contributed by atoms with Gasteiger partial charge in [0, 0.05) is 22.4 Å². The number of rotatable bonds is 4. The molecule has 3 nitrogen and oxygen atoms in total. The van der Waals surface area contributed by atoms with Crippen LogP contribution in [0.15, 0.2) is 0 Å². The van der Waals surface area contributed by atoms with Crippen molar-refractivity contribution >= 4 is 41.1 Å². The van der Waals surface area contributed by atoms with Crippen molar-refractivity contribution in [3.8, 4) is 0 Å². The van der Waals surface area contributed by atoms with Crippen LogP contribution in [0.1, 0.15) is 64.2 Å². The molecule has 2 rings (SSSR count). The van der Waals surface area contributed by atoms with Gasteiger partial charge >= 0.3 is 5.24 Å². The zero-order chi connectivity index (χ0) is 13.5. The summed E-state index contributed by atoms with van der Waals surface area (Å²) >= 11 is 4.33. The summed E-state index contributed by atoms with van der Waals surface area (Å²) in [7, 11) is 0. The lowest BCUT2D eigenvalue weighted by Gasteiger charge is -2.30. The smallest absolute Gasteiger partial charge is 0.269 e. The Bertz CT molecular complexity index is 259. The highest BCUT2D eigenvalue weighted by Gasteiger charge is 2.26. The third-order valence-electron chi connectivity index (χ3n) is 3.84. The molecule has 0 bridgehead atoms. The van der Waals surface area contributed by atoms with Crippen LogP contribution in [0.2, 0.25) is 0 Å². The SMILES string of the molecule is NSC(=O)N(SC1CCCCC1)SC1CCCCC1. The predicted molar refractivity (Wildman–Crippen MR) is 87.9 cm³/mol. The highest BCUT2D eigenvalue weighted by atomic mass is 32.2. The van der Waals surface area contributed by atoms with Crippen molar-refractivity contribution in [2.45, 2.75) is 74.7 Å². The van der Waals surface area contributed by atoms with Gasteiger partial charge in [0.1, 0.15) is 0 Å². The fourth-order valence-electron chi connectivity index (χ4n) is 2.77. The topological polar surface area (TPSA) is 46.3 Å². The van der Waals surface area contributed by atoms with E-state index in [1.807, 2.05) is 3.71 Å². The first-order valence-corrected chi connectivity index (χ1v) is 9.89. The molecule has 1 amide bonds. The molecular weight excluding hydrogens is 296 g/mol. The van der Waals surface area contributed by atoms with Crippen molar-refractivity contribution in [3.05, 3.63) is 0 Å². The highest BCUT2D eigenvalue weighted by Crippen LogP contribution is 2.40. The highest BCUT2D eigenvalue weighted by molar-refractivity contribution is 8.19. The molecule has 0 aromatic rings. The summed E-state index contributed by atoms with van der Waals surface area (Å²) in [5, 5.41) is 6.71. The molecule has 110 valence electrons. The lowest BCUT2D eigenvalue weighted by Crippen LogP contribution is -2.24. The number of carbonyl (C=O) groups is 1. The minimum absolute atomic E-state index is 0.00569. The van der Waals surface area contributed by atoms with E-state index >= 15 is 0 Å². The molecule has 2 aliphatic rings. The standard InChI is InChI=1S/C13H24N2OS3/c14-17-13(16)15(18-11-7-3-1-4-8-11)19-12-9-5-2-6-10-12/h11-12H,1-10,14H2. The van der Waals surface area contributed by atoms with E-state index in [1.54, 1.807) is 23.9 Å². The Kier molecular flexibility index (Phi) is 7.26. The Morgan fingerprint density at radius 3 is 1.63 bits per heavy atom. The van der Waals surface area contributed by atoms with Crippen LogP contribution in [0.4, 0.5) is 4.79 Å². The molecule has 0 saturated heterocycles. The molecular formula is C13H24N2OS3. The normalized spacial score (nSPS) is 22.4. The van der Waals surface area contributed by atoms with E-state index in [4.69, 9.17) is 5.14 Å². The van der Waals surface area contributed by atoms with E-state index in [-0.39, 0.29) is 5.24 Å². The van der Waals surface area contributed by atoms with E-state index < -0.39 is 0 Å². The lowest BCUT2D eigenvalue weighted by atomic mass is 10.0. The molecule has 0 atom stereocenters. The van der Waals surface area contributed by atoms with Crippen LogP contribution in [0.25, 0.3) is 0 Å². The molecule has 2 N–H and O–H groups in total. The van der Waals surface area contributed by atoms with Crippen molar-refractivity contribution in [3.63, 3.8) is 0 Å². The van der Waals surface area contributed by atoms with Gasteiger partial charge in [0.25, 0.3) is 0 Å². The number of hydrogen-bond acceptors (Lipinski definition) is 5. The summed E-state index contributed by atoms with van der Waals surface area (Å²) in [5.74, 6) is 0. The van der Waals surface area contributed by atoms with Gasteiger partial charge in [-0.15, -0.1) is 0 Å². The third-order valence-corrected chi connectivity index (χ3v) is 7.23. The van der Waals surface area contributed by atoms with Gasteiger partial charge in [0.2, 0.25) is 0 Å². The largest absolute Gasteiger partial charge is 0.316 e. The second kappa shape index (κ2) is 8.70. The monoisotopic (exact) mass is 320 g/mol. The molecule has 0 aromatic carbocycles. The van der Waals surface area contributed by atoms with Crippen LogP contribution in [0, 0.1) is 0 Å². The first kappa shape index (κ1) is 15.9. The molecule has 0 spiro atoms. The van der Waals surface area contributed by atoms with Crippen LogP contribution in [-0.2, 0) is 0 Å². The predicted octanol–water partition coefficient (Wildman–Crippen LogP) is 4.98. The van der Waals surface area contributed by atoms with Gasteiger partial charge in [0.15, 0.2) is 0 Å². The van der Waals surface area contributed by atoms with Crippen molar-refractivity contribution < 1.29 is 4.79 Å². The zero-order valence-electron chi connectivity index (χ0n) is 11.4. The summed E-state index contributed by atoms with van der Waals surface area (Å²) < 4.78 is 1.89. The number of hydrogen-bond donors (Lipinski definition) is 1. The maximum absolute atomic E-state index is 12.0. The number of nitrogens with zero attached hydrogens (tertiary/aromatic N) is 1. The van der Waals surface area contributed by atoms with Gasteiger partial charge in [-0.2, -0.15) is 0 Å². The zero-order valence-corrected chi connectivity index (χ0v) is 13.8. The second-order valence-corrected chi connectivity index (χ2v) is 8.67. The van der Waals surface area contributed by atoms with Crippen molar-refractivity contribution in [2.75, 3.05) is 0 Å². The molecule has 0 heterocycles. The summed E-state index contributed by atoms with van der Waals surface area (Å²) in [6, 6.07) is 0. The first-order chi connectivity index (χ1) is 9.29. The Balaban J connectivity index is 1.84. The van der Waals surface area contributed by atoms with Crippen LogP contribution in [0.3, 0.4) is 0 Å². The molecule has 6 heteroatoms. The Morgan fingerprint density at radius 1 is 0.842 bits per heavy atom. The van der Waals surface area contributed by atoms with Crippen LogP contribution in [0.5, 0.6) is 0 Å². The van der Waals surface area contributed by atoms with Gasteiger partial charge in [-0.05, 0) is 49.6 Å². The van der Waals surface area contributed by atoms with Gasteiger partial charge in [-0.3, -0.25) is 9.93 Å². The summed E-state index contributed by atoms with van der Waals surface area (Å²) in [6.45, 7) is 0. The number of amides is 1. The minimum atomic E-state index is 0.00569. The number of nitrogens with two attached hydrogens (primary N) is 1. The van der Waals surface area contributed by atoms with Gasteiger partial charge in [-0.25, -0.2) is 3.71 Å². The molecule has 2 aliphatic carbocycles. The van der Waals surface area contributed by atoms with Crippen molar-refractivity contribution in [1.29, 1.82) is 0 Å². The summed E-state index contributed by atoms with van der Waals surface area (Å²) in [5.41, 5.74) is 0. The van der Waals surface area contributed by atoms with Gasteiger partial charge in [-0.1, -0.05) is 38.5 Å². The van der Waals surface area contributed by atoms with Crippen LogP contribution >= 0.6 is 35.8 Å². The first-order valence-electron chi connectivity index (χ1n) is 7.34. The maximum atomic E-state index is 12.0. The molecule has 0 aliphatic heterocycles. The van der Waals surface area contributed by atoms with Crippen LogP contribution in [-0.4, -0.2) is 19.4 Å². The average molecular weight is 321 g/mol. The second-order valence-electron chi connectivity index (χ2n) is 5.37. The average Bonchev–Trinajstić information content (AvgIpc) is 2.48. The molecule has 19 heavy (non-hydrogen) atoms. The van der Waals surface area contributed by atoms with E-state index in [2.05, 4.69) is 0 Å². The molecule has 2 saturated carbocycles. The molecule has 0 unspecified atom stereocenters. The summed E-state index contributed by atoms with van der Waals surface area (Å²) in [4.78, 5) is 12.0. The summed E-state index contributed by atoms with van der Waals surface area (Å²) in [6.07, 6.45) is 12.9. The Morgan fingerprint density at radius 2 is 1.26 bits per heavy atom. The van der Waals surface area contributed by atoms with Gasteiger partial charge in [0.05, 0.1) is 0 Å². The van der Waals surface area contributed by atoms with Crippen LogP contribution < -0.4 is 5.14 Å². The van der Waals surface area contributed by atoms with E-state index in [0.717, 1.165) is 11.9 Å². The van der Waals surface area contributed by atoms with Crippen molar-refractivity contribution in [1.82, 2.24) is 3.71 Å². The fourth-order valence-corrected chi connectivity index (χ4v) is 6.10.